The van der Waals surface area contributed by atoms with Crippen LogP contribution in [0.25, 0.3) is 5.69 Å². The highest BCUT2D eigenvalue weighted by atomic mass is 32.2. The molecule has 0 bridgehead atoms. The predicted octanol–water partition coefficient (Wildman–Crippen LogP) is 5.81. The summed E-state index contributed by atoms with van der Waals surface area (Å²) in [5, 5.41) is 12.4. The Bertz CT molecular complexity index is 1280. The van der Waals surface area contributed by atoms with Crippen molar-refractivity contribution in [2.24, 2.45) is 0 Å². The van der Waals surface area contributed by atoms with Crippen molar-refractivity contribution in [3.63, 3.8) is 0 Å². The quantitative estimate of drug-likeness (QED) is 0.328. The standard InChI is InChI=1S/C27H28N4O2S/c1-18-6-11-22(12-7-18)31-25(16-33-23-13-8-19(2)9-14-23)29-30-27(31)34-17-26(32)28-24-15-20(3)5-10-21(24)4/h5-15H,16-17H2,1-4H3,(H,28,32). The molecule has 6 nitrogen and oxygen atoms in total. The maximum Gasteiger partial charge on any atom is 0.234 e. The molecule has 34 heavy (non-hydrogen) atoms. The molecule has 0 fully saturated rings. The van der Waals surface area contributed by atoms with Crippen molar-refractivity contribution < 1.29 is 9.53 Å². The van der Waals surface area contributed by atoms with E-state index in [1.807, 2.05) is 99.0 Å². The number of thioether (sulfide) groups is 1. The summed E-state index contributed by atoms with van der Waals surface area (Å²) in [7, 11) is 0. The van der Waals surface area contributed by atoms with Crippen molar-refractivity contribution in [3.8, 4) is 11.4 Å². The van der Waals surface area contributed by atoms with E-state index in [-0.39, 0.29) is 18.3 Å². The van der Waals surface area contributed by atoms with Gasteiger partial charge in [0.1, 0.15) is 12.4 Å². The van der Waals surface area contributed by atoms with Crippen LogP contribution in [0, 0.1) is 27.7 Å². The molecule has 0 spiro atoms. The summed E-state index contributed by atoms with van der Waals surface area (Å²) in [4.78, 5) is 12.7. The van der Waals surface area contributed by atoms with Crippen LogP contribution in [0.3, 0.4) is 0 Å². The van der Waals surface area contributed by atoms with Crippen molar-refractivity contribution in [1.29, 1.82) is 0 Å². The topological polar surface area (TPSA) is 69.0 Å². The molecule has 1 heterocycles. The Kier molecular flexibility index (Phi) is 7.33. The molecular formula is C27H28N4O2S. The number of nitrogens with zero attached hydrogens (tertiary/aromatic N) is 3. The number of amides is 1. The van der Waals surface area contributed by atoms with Crippen molar-refractivity contribution in [2.75, 3.05) is 11.1 Å². The number of aryl methyl sites for hydroxylation is 4. The Labute approximate surface area is 204 Å². The van der Waals surface area contributed by atoms with Gasteiger partial charge in [0, 0.05) is 11.4 Å². The lowest BCUT2D eigenvalue weighted by Crippen LogP contribution is -2.15. The van der Waals surface area contributed by atoms with Crippen LogP contribution in [-0.2, 0) is 11.4 Å². The van der Waals surface area contributed by atoms with E-state index >= 15 is 0 Å². The number of aromatic nitrogens is 3. The molecule has 0 saturated heterocycles. The first-order chi connectivity index (χ1) is 16.4. The van der Waals surface area contributed by atoms with E-state index in [1.54, 1.807) is 0 Å². The fourth-order valence-corrected chi connectivity index (χ4v) is 4.18. The molecule has 1 N–H and O–H groups in total. The van der Waals surface area contributed by atoms with Crippen molar-refractivity contribution >= 4 is 23.4 Å². The second-order valence-electron chi connectivity index (χ2n) is 8.33. The lowest BCUT2D eigenvalue weighted by Gasteiger charge is -2.12. The molecule has 0 aliphatic carbocycles. The fraction of sp³-hybridized carbons (Fsp3) is 0.222. The maximum atomic E-state index is 12.7. The number of rotatable bonds is 8. The molecule has 7 heteroatoms. The van der Waals surface area contributed by atoms with Gasteiger partial charge in [0.15, 0.2) is 11.0 Å². The highest BCUT2D eigenvalue weighted by Gasteiger charge is 2.17. The second kappa shape index (κ2) is 10.6. The second-order valence-corrected chi connectivity index (χ2v) is 9.27. The Morgan fingerprint density at radius 1 is 0.882 bits per heavy atom. The Morgan fingerprint density at radius 2 is 1.53 bits per heavy atom. The van der Waals surface area contributed by atoms with E-state index in [1.165, 1.54) is 17.3 Å². The van der Waals surface area contributed by atoms with Gasteiger partial charge in [0.2, 0.25) is 5.91 Å². The average Bonchev–Trinajstić information content (AvgIpc) is 3.23. The number of nitrogens with one attached hydrogen (secondary N) is 1. The smallest absolute Gasteiger partial charge is 0.234 e. The molecule has 0 atom stereocenters. The highest BCUT2D eigenvalue weighted by molar-refractivity contribution is 7.99. The molecule has 0 radical (unpaired) electrons. The van der Waals surface area contributed by atoms with Gasteiger partial charge in [-0.1, -0.05) is 59.3 Å². The molecule has 3 aromatic carbocycles. The van der Waals surface area contributed by atoms with Crippen LogP contribution in [0.1, 0.15) is 28.1 Å². The SMILES string of the molecule is Cc1ccc(OCc2nnc(SCC(=O)Nc3cc(C)ccc3C)n2-c2ccc(C)cc2)cc1. The minimum Gasteiger partial charge on any atom is -0.486 e. The predicted molar refractivity (Wildman–Crippen MR) is 137 cm³/mol. The number of hydrogen-bond acceptors (Lipinski definition) is 5. The van der Waals surface area contributed by atoms with Crippen molar-refractivity contribution in [1.82, 2.24) is 14.8 Å². The number of hydrogen-bond donors (Lipinski definition) is 1. The first kappa shape index (κ1) is 23.6. The molecule has 4 rings (SSSR count). The van der Waals surface area contributed by atoms with Crippen LogP contribution in [0.5, 0.6) is 5.75 Å². The third-order valence-corrected chi connectivity index (χ3v) is 6.31. The van der Waals surface area contributed by atoms with Crippen LogP contribution >= 0.6 is 11.8 Å². The molecule has 0 saturated carbocycles. The van der Waals surface area contributed by atoms with Gasteiger partial charge in [-0.15, -0.1) is 10.2 Å². The third-order valence-electron chi connectivity index (χ3n) is 5.38. The zero-order chi connectivity index (χ0) is 24.1. The van der Waals surface area contributed by atoms with Crippen molar-refractivity contribution in [3.05, 3.63) is 94.8 Å². The fourth-order valence-electron chi connectivity index (χ4n) is 3.41. The van der Waals surface area contributed by atoms with Gasteiger partial charge in [-0.25, -0.2) is 0 Å². The first-order valence-electron chi connectivity index (χ1n) is 11.1. The van der Waals surface area contributed by atoms with E-state index < -0.39 is 0 Å². The summed E-state index contributed by atoms with van der Waals surface area (Å²) in [5.74, 6) is 1.57. The van der Waals surface area contributed by atoms with E-state index in [0.717, 1.165) is 33.8 Å². The normalized spacial score (nSPS) is 10.8. The monoisotopic (exact) mass is 472 g/mol. The van der Waals surface area contributed by atoms with Gasteiger partial charge in [0.25, 0.3) is 0 Å². The summed E-state index contributed by atoms with van der Waals surface area (Å²) >= 11 is 1.35. The van der Waals surface area contributed by atoms with E-state index in [0.29, 0.717) is 11.0 Å². The summed E-state index contributed by atoms with van der Waals surface area (Å²) in [6.07, 6.45) is 0. The van der Waals surface area contributed by atoms with Gasteiger partial charge in [-0.05, 0) is 69.2 Å². The molecule has 0 aliphatic heterocycles. The van der Waals surface area contributed by atoms with Crippen LogP contribution in [0.15, 0.2) is 71.9 Å². The van der Waals surface area contributed by atoms with Gasteiger partial charge < -0.3 is 10.1 Å². The zero-order valence-corrected chi connectivity index (χ0v) is 20.6. The lowest BCUT2D eigenvalue weighted by molar-refractivity contribution is -0.113. The highest BCUT2D eigenvalue weighted by Crippen LogP contribution is 2.24. The zero-order valence-electron chi connectivity index (χ0n) is 19.8. The number of benzene rings is 3. The average molecular weight is 473 g/mol. The number of carbonyl (C=O) groups is 1. The van der Waals surface area contributed by atoms with Gasteiger partial charge in [0.05, 0.1) is 5.75 Å². The molecule has 174 valence electrons. The summed E-state index contributed by atoms with van der Waals surface area (Å²) in [6, 6.07) is 22.0. The minimum atomic E-state index is -0.0883. The third kappa shape index (κ3) is 5.85. The Hall–Kier alpha value is -3.58. The molecular weight excluding hydrogens is 444 g/mol. The largest absolute Gasteiger partial charge is 0.486 e. The number of carbonyl (C=O) groups excluding carboxylic acids is 1. The van der Waals surface area contributed by atoms with E-state index in [4.69, 9.17) is 4.74 Å². The molecule has 4 aromatic rings. The first-order valence-corrected chi connectivity index (χ1v) is 12.1. The lowest BCUT2D eigenvalue weighted by atomic mass is 10.1. The Balaban J connectivity index is 1.51. The van der Waals surface area contributed by atoms with Crippen LogP contribution in [0.2, 0.25) is 0 Å². The van der Waals surface area contributed by atoms with Crippen LogP contribution < -0.4 is 10.1 Å². The van der Waals surface area contributed by atoms with Crippen LogP contribution in [0.4, 0.5) is 5.69 Å². The van der Waals surface area contributed by atoms with Crippen LogP contribution in [-0.4, -0.2) is 26.4 Å². The number of anilines is 1. The van der Waals surface area contributed by atoms with E-state index in [2.05, 4.69) is 15.5 Å². The van der Waals surface area contributed by atoms with E-state index in [9.17, 15) is 4.79 Å². The maximum absolute atomic E-state index is 12.7. The minimum absolute atomic E-state index is 0.0883. The summed E-state index contributed by atoms with van der Waals surface area (Å²) in [6.45, 7) is 8.34. The molecule has 0 aliphatic rings. The van der Waals surface area contributed by atoms with Gasteiger partial charge >= 0.3 is 0 Å². The molecule has 1 aromatic heterocycles. The van der Waals surface area contributed by atoms with Crippen molar-refractivity contribution in [2.45, 2.75) is 39.5 Å². The van der Waals surface area contributed by atoms with Gasteiger partial charge in [-0.3, -0.25) is 9.36 Å². The molecule has 0 unspecified atom stereocenters. The Morgan fingerprint density at radius 3 is 2.24 bits per heavy atom. The molecule has 1 amide bonds. The number of ether oxygens (including phenoxy) is 1. The summed E-state index contributed by atoms with van der Waals surface area (Å²) < 4.78 is 7.91. The summed E-state index contributed by atoms with van der Waals surface area (Å²) in [5.41, 5.74) is 6.23. The van der Waals surface area contributed by atoms with Gasteiger partial charge in [-0.2, -0.15) is 0 Å².